The Morgan fingerprint density at radius 3 is 2.51 bits per heavy atom. The van der Waals surface area contributed by atoms with E-state index >= 15 is 4.79 Å². The van der Waals surface area contributed by atoms with Crippen molar-refractivity contribution in [3.8, 4) is 22.5 Å². The number of methoxy groups -OCH3 is 1. The predicted octanol–water partition coefficient (Wildman–Crippen LogP) is 8.68. The molecule has 2 saturated carbocycles. The molecule has 9 fully saturated rings. The third-order valence-electron chi connectivity index (χ3n) is 20.0. The molecule has 0 radical (unpaired) electrons. The van der Waals surface area contributed by atoms with Crippen molar-refractivity contribution in [1.29, 1.82) is 0 Å². The summed E-state index contributed by atoms with van der Waals surface area (Å²) in [5.41, 5.74) is 9.72. The Hall–Kier alpha value is -4.37. The zero-order chi connectivity index (χ0) is 56.0. The van der Waals surface area contributed by atoms with E-state index in [1.165, 1.54) is 29.7 Å². The van der Waals surface area contributed by atoms with Crippen LogP contribution in [0.15, 0.2) is 35.8 Å². The molecule has 1 spiro atoms. The van der Waals surface area contributed by atoms with Crippen LogP contribution in [0.1, 0.15) is 158 Å². The van der Waals surface area contributed by atoms with Crippen molar-refractivity contribution in [3.05, 3.63) is 57.7 Å². The van der Waals surface area contributed by atoms with Gasteiger partial charge in [0.15, 0.2) is 0 Å². The van der Waals surface area contributed by atoms with Gasteiger partial charge in [0.05, 0.1) is 66.9 Å². The van der Waals surface area contributed by atoms with Crippen molar-refractivity contribution in [2.24, 2.45) is 16.7 Å². The molecule has 438 valence electrons. The number of carbonyl (C=O) groups excluding carboxylic acids is 3. The summed E-state index contributed by atoms with van der Waals surface area (Å²) in [4.78, 5) is 60.7. The van der Waals surface area contributed by atoms with E-state index in [1.807, 2.05) is 6.92 Å². The van der Waals surface area contributed by atoms with Crippen molar-refractivity contribution in [2.45, 2.75) is 191 Å². The second kappa shape index (κ2) is 21.9. The van der Waals surface area contributed by atoms with Gasteiger partial charge in [0, 0.05) is 103 Å². The Morgan fingerprint density at radius 1 is 0.963 bits per heavy atom. The summed E-state index contributed by atoms with van der Waals surface area (Å²) in [6.07, 6.45) is 13.3. The number of nitrogens with one attached hydrogen (secondary N) is 2. The number of benzene rings is 1. The number of thiazole rings is 1. The van der Waals surface area contributed by atoms with Crippen molar-refractivity contribution in [3.63, 3.8) is 0 Å². The van der Waals surface area contributed by atoms with E-state index < -0.39 is 35.1 Å². The molecule has 0 unspecified atom stereocenters. The molecule has 8 aliphatic heterocycles. The van der Waals surface area contributed by atoms with Crippen LogP contribution in [0.3, 0.4) is 0 Å². The number of hydrogen-bond acceptors (Lipinski definition) is 15. The second-order valence-electron chi connectivity index (χ2n) is 27.2. The first-order valence-corrected chi connectivity index (χ1v) is 31.5. The average Bonchev–Trinajstić information content (AvgIpc) is 3.43. The number of hydrazine groups is 1. The molecule has 8 bridgehead atoms. The van der Waals surface area contributed by atoms with Crippen LogP contribution in [0.2, 0.25) is 0 Å². The molecule has 7 saturated heterocycles. The molecule has 10 aliphatic rings. The van der Waals surface area contributed by atoms with Crippen LogP contribution in [-0.4, -0.2) is 162 Å². The highest BCUT2D eigenvalue weighted by Crippen LogP contribution is 2.53. The molecular weight excluding hydrogens is 1040 g/mol. The number of likely N-dealkylation sites (tertiary alicyclic amines) is 2. The number of ether oxygens (including phenoxy) is 6. The van der Waals surface area contributed by atoms with Gasteiger partial charge in [0.25, 0.3) is 11.8 Å². The summed E-state index contributed by atoms with van der Waals surface area (Å²) >= 11 is 1.53. The van der Waals surface area contributed by atoms with Crippen LogP contribution in [0.4, 0.5) is 0 Å². The fourth-order valence-electron chi connectivity index (χ4n) is 15.2. The molecule has 81 heavy (non-hydrogen) atoms. The largest absolute Gasteiger partial charge is 0.464 e. The van der Waals surface area contributed by atoms with Crippen molar-refractivity contribution in [2.75, 3.05) is 72.9 Å². The van der Waals surface area contributed by atoms with Crippen molar-refractivity contribution < 1.29 is 42.8 Å². The topological polar surface area (TPSA) is 171 Å². The zero-order valence-electron chi connectivity index (χ0n) is 48.9. The van der Waals surface area contributed by atoms with E-state index in [1.54, 1.807) is 12.1 Å². The third-order valence-corrected chi connectivity index (χ3v) is 20.9. The molecule has 6 atom stereocenters. The number of esters is 1. The molecule has 11 heterocycles. The van der Waals surface area contributed by atoms with Gasteiger partial charge in [-0.25, -0.2) is 10.4 Å². The van der Waals surface area contributed by atoms with E-state index in [0.717, 1.165) is 114 Å². The molecule has 2 N–H and O–H groups in total. The number of nitrogens with zero attached hydrogens (tertiary/aromatic N) is 6. The smallest absolute Gasteiger partial charge is 0.324 e. The maximum absolute atomic E-state index is 15.5. The van der Waals surface area contributed by atoms with Gasteiger partial charge in [-0.1, -0.05) is 19.9 Å². The van der Waals surface area contributed by atoms with Gasteiger partial charge in [-0.15, -0.1) is 11.3 Å². The van der Waals surface area contributed by atoms with Crippen LogP contribution >= 0.6 is 11.3 Å². The number of cyclic esters (lactones) is 1. The predicted molar refractivity (Wildman–Crippen MR) is 308 cm³/mol. The SMILES string of the molecule is CO[C@@H](C)c1ncc(C2CCN(C3CC3)CC2)cc1-c1c2c3cc(ccc3n1CCO[C@H]1CCOC(C)(C)C1)-c1csc(n1)[C@@H](N1CC3(CCCOC3)C1)[C@H](NC(=O)C13CC(C1)[C@H](C)O3)C(=O)N1CCC[C@H](N1)C(=O)OCC(C)(C)C2. The lowest BCUT2D eigenvalue weighted by Gasteiger charge is -2.55. The minimum absolute atomic E-state index is 0.0300. The standard InChI is InChI=1S/C63H86N8O9S/c1-38-43-28-63(29-43,80-38)59(74)66-53-55(69-34-62(35-69)18-9-23-76-37-62)56-65-50(33-81-56)41-11-14-51-46(26-41)48(31-60(3,4)36-78-58(73)49-10-8-19-71(67-49)57(53)72)54(70(51)22-25-77-45-17-24-79-61(5,6)30-45)47-27-42(32-64-52(47)39(2)75-7)40-15-20-68(21-16-40)44-12-13-44/h11,14,26-27,32-33,38-40,43-45,49,53,55,67H,8-10,12-13,15-25,28-31,34-37H2,1-7H3,(H,66,74)/t38-,39-,43?,45-,49-,53-,55-,63?/m0/s1. The molecule has 18 heteroatoms. The molecule has 3 aromatic heterocycles. The normalized spacial score (nSPS) is 31.1. The molecule has 2 amide bonds. The van der Waals surface area contributed by atoms with Gasteiger partial charge >= 0.3 is 5.97 Å². The van der Waals surface area contributed by atoms with Gasteiger partial charge in [0.2, 0.25) is 0 Å². The fraction of sp³-hybridized carbons (Fsp3) is 0.698. The van der Waals surface area contributed by atoms with Crippen molar-refractivity contribution in [1.82, 2.24) is 40.1 Å². The number of piperidine rings is 1. The molecule has 2 aliphatic carbocycles. The maximum Gasteiger partial charge on any atom is 0.324 e. The number of hydrogen-bond donors (Lipinski definition) is 2. The number of amides is 2. The van der Waals surface area contributed by atoms with Crippen LogP contribution in [0.5, 0.6) is 0 Å². The van der Waals surface area contributed by atoms with E-state index in [9.17, 15) is 9.59 Å². The Balaban J connectivity index is 0.950. The molecule has 1 aromatic carbocycles. The van der Waals surface area contributed by atoms with Crippen LogP contribution in [0.25, 0.3) is 33.4 Å². The van der Waals surface area contributed by atoms with Gasteiger partial charge in [0.1, 0.15) is 22.7 Å². The van der Waals surface area contributed by atoms with Gasteiger partial charge in [-0.3, -0.25) is 29.3 Å². The number of rotatable bonds is 12. The monoisotopic (exact) mass is 1130 g/mol. The van der Waals surface area contributed by atoms with Crippen LogP contribution in [-0.2, 0) is 55.8 Å². The van der Waals surface area contributed by atoms with E-state index in [2.05, 4.69) is 95.6 Å². The lowest BCUT2D eigenvalue weighted by molar-refractivity contribution is -0.160. The zero-order valence-corrected chi connectivity index (χ0v) is 49.7. The Kier molecular flexibility index (Phi) is 15.1. The number of carbonyl (C=O) groups is 3. The molecular formula is C63H86N8O9S. The van der Waals surface area contributed by atoms with Crippen LogP contribution < -0.4 is 10.7 Å². The van der Waals surface area contributed by atoms with E-state index in [4.69, 9.17) is 38.4 Å². The summed E-state index contributed by atoms with van der Waals surface area (Å²) in [5.74, 6) is -0.279. The summed E-state index contributed by atoms with van der Waals surface area (Å²) in [6.45, 7) is 20.0. The lowest BCUT2D eigenvalue weighted by atomic mass is 9.72. The molecule has 17 nitrogen and oxygen atoms in total. The van der Waals surface area contributed by atoms with E-state index in [0.29, 0.717) is 89.9 Å². The first kappa shape index (κ1) is 55.8. The van der Waals surface area contributed by atoms with E-state index in [-0.39, 0.29) is 47.7 Å². The molecule has 4 aromatic rings. The second-order valence-corrected chi connectivity index (χ2v) is 28.1. The van der Waals surface area contributed by atoms with Gasteiger partial charge < -0.3 is 43.2 Å². The Morgan fingerprint density at radius 2 is 1.78 bits per heavy atom. The quantitative estimate of drug-likeness (QED) is 0.129. The highest BCUT2D eigenvalue weighted by atomic mass is 32.1. The summed E-state index contributed by atoms with van der Waals surface area (Å²) in [6, 6.07) is 7.47. The lowest BCUT2D eigenvalue weighted by Crippen LogP contribution is -2.68. The minimum atomic E-state index is -1.04. The fourth-order valence-corrected chi connectivity index (χ4v) is 16.2. The number of pyridine rings is 1. The maximum atomic E-state index is 15.5. The van der Waals surface area contributed by atoms with Gasteiger partial charge in [-0.2, -0.15) is 0 Å². The van der Waals surface area contributed by atoms with Gasteiger partial charge in [-0.05, 0) is 159 Å². The first-order chi connectivity index (χ1) is 39.0. The minimum Gasteiger partial charge on any atom is -0.464 e. The van der Waals surface area contributed by atoms with Crippen LogP contribution in [0, 0.1) is 16.7 Å². The third kappa shape index (κ3) is 10.9. The Labute approximate surface area is 481 Å². The number of fused-ring (bicyclic) bond motifs is 7. The highest BCUT2D eigenvalue weighted by Gasteiger charge is 2.62. The molecule has 14 rings (SSSR count). The summed E-state index contributed by atoms with van der Waals surface area (Å²) in [7, 11) is 1.76. The Bertz CT molecular complexity index is 3000. The average molecular weight is 1130 g/mol. The van der Waals surface area contributed by atoms with Crippen molar-refractivity contribution >= 4 is 40.0 Å². The summed E-state index contributed by atoms with van der Waals surface area (Å²) < 4.78 is 40.5. The summed E-state index contributed by atoms with van der Waals surface area (Å²) in [5, 5.41) is 8.83. The highest BCUT2D eigenvalue weighted by molar-refractivity contribution is 7.10. The first-order valence-electron chi connectivity index (χ1n) is 30.7. The number of aromatic nitrogens is 3.